The van der Waals surface area contributed by atoms with Gasteiger partial charge in [0.1, 0.15) is 0 Å². The lowest BCUT2D eigenvalue weighted by atomic mass is 10.8. The van der Waals surface area contributed by atoms with Crippen LogP contribution in [0.2, 0.25) is 0 Å². The first-order valence-corrected chi connectivity index (χ1v) is 3.44. The Hall–Kier alpha value is -0.210. The summed E-state index contributed by atoms with van der Waals surface area (Å²) in [5.74, 6) is 4.78. The molecule has 0 atom stereocenters. The molecule has 6 nitrogen and oxygen atoms in total. The fraction of sp³-hybridized carbons (Fsp3) is 1.00. The van der Waals surface area contributed by atoms with Gasteiger partial charge in [0.2, 0.25) is 0 Å². The van der Waals surface area contributed by atoms with Gasteiger partial charge < -0.3 is 0 Å². The van der Waals surface area contributed by atoms with Crippen LogP contribution in [0.3, 0.4) is 0 Å². The van der Waals surface area contributed by atoms with Crippen molar-refractivity contribution in [2.45, 2.75) is 6.92 Å². The van der Waals surface area contributed by atoms with E-state index in [1.54, 1.807) is 0 Å². The Balaban J connectivity index is 0. The minimum atomic E-state index is -4.67. The molecule has 9 heavy (non-hydrogen) atoms. The zero-order chi connectivity index (χ0) is 7.91. The third kappa shape index (κ3) is 418. The maximum absolute atomic E-state index is 8.74. The molecule has 0 radical (unpaired) electrons. The summed E-state index contributed by atoms with van der Waals surface area (Å²) in [6.45, 7) is 2.79. The first-order chi connectivity index (χ1) is 3.91. The lowest BCUT2D eigenvalue weighted by molar-refractivity contribution is 0.381. The van der Waals surface area contributed by atoms with E-state index in [1.165, 1.54) is 0 Å². The molecule has 0 saturated heterocycles. The molecule has 0 aromatic heterocycles. The Morgan fingerprint density at radius 1 is 1.56 bits per heavy atom. The van der Waals surface area contributed by atoms with Crippen LogP contribution in [0, 0.1) is 0 Å². The third-order valence-electron chi connectivity index (χ3n) is 0.204. The average Bonchev–Trinajstić information content (AvgIpc) is 1.61. The van der Waals surface area contributed by atoms with Gasteiger partial charge in [0, 0.05) is 6.54 Å². The first kappa shape index (κ1) is 11.6. The molecule has 0 aliphatic heterocycles. The molecule has 0 heterocycles. The minimum Gasteiger partial charge on any atom is -0.271 e. The van der Waals surface area contributed by atoms with E-state index in [0.29, 0.717) is 0 Å². The molecule has 0 amide bonds. The summed E-state index contributed by atoms with van der Waals surface area (Å²) in [7, 11) is -4.67. The SMILES string of the molecule is CCNN.O=S(=O)(O)O. The van der Waals surface area contributed by atoms with Crippen LogP contribution in [0.25, 0.3) is 0 Å². The topological polar surface area (TPSA) is 113 Å². The highest BCUT2D eigenvalue weighted by Gasteiger charge is 1.84. The van der Waals surface area contributed by atoms with Gasteiger partial charge in [-0.05, 0) is 0 Å². The second kappa shape index (κ2) is 5.92. The second-order valence-corrected chi connectivity index (χ2v) is 1.90. The molecule has 7 heteroatoms. The molecule has 0 rings (SSSR count). The van der Waals surface area contributed by atoms with Crippen molar-refractivity contribution >= 4 is 10.4 Å². The van der Waals surface area contributed by atoms with Crippen LogP contribution in [0.1, 0.15) is 6.92 Å². The Bertz CT molecular complexity index is 120. The van der Waals surface area contributed by atoms with Crippen molar-refractivity contribution in [1.29, 1.82) is 0 Å². The molecule has 0 aromatic rings. The summed E-state index contributed by atoms with van der Waals surface area (Å²) in [6, 6.07) is 0. The van der Waals surface area contributed by atoms with Crippen molar-refractivity contribution in [3.05, 3.63) is 0 Å². The minimum absolute atomic E-state index is 0.847. The standard InChI is InChI=1S/C2H8N2.H2O4S/c1-2-4-3;1-5(2,3)4/h4H,2-3H2,1H3;(H2,1,2,3,4). The van der Waals surface area contributed by atoms with Gasteiger partial charge in [-0.25, -0.2) is 0 Å². The van der Waals surface area contributed by atoms with Gasteiger partial charge in [-0.1, -0.05) is 6.92 Å². The van der Waals surface area contributed by atoms with Gasteiger partial charge in [-0.2, -0.15) is 8.42 Å². The number of rotatable bonds is 1. The normalized spacial score (nSPS) is 9.78. The number of nitrogens with one attached hydrogen (secondary N) is 1. The summed E-state index contributed by atoms with van der Waals surface area (Å²) < 4.78 is 31.6. The Morgan fingerprint density at radius 2 is 1.67 bits per heavy atom. The van der Waals surface area contributed by atoms with Gasteiger partial charge in [-0.3, -0.25) is 20.4 Å². The largest absolute Gasteiger partial charge is 0.394 e. The smallest absolute Gasteiger partial charge is 0.271 e. The van der Waals surface area contributed by atoms with Crippen LogP contribution < -0.4 is 11.3 Å². The van der Waals surface area contributed by atoms with Gasteiger partial charge >= 0.3 is 10.4 Å². The number of hydrogen-bond donors (Lipinski definition) is 4. The fourth-order valence-electron chi connectivity index (χ4n) is 0. The van der Waals surface area contributed by atoms with Gasteiger partial charge in [-0.15, -0.1) is 0 Å². The van der Waals surface area contributed by atoms with Crippen LogP contribution >= 0.6 is 0 Å². The Labute approximate surface area is 53.6 Å². The highest BCUT2D eigenvalue weighted by atomic mass is 32.3. The second-order valence-electron chi connectivity index (χ2n) is 1.01. The van der Waals surface area contributed by atoms with E-state index >= 15 is 0 Å². The van der Waals surface area contributed by atoms with E-state index in [1.807, 2.05) is 6.92 Å². The maximum Gasteiger partial charge on any atom is 0.394 e. The van der Waals surface area contributed by atoms with Crippen LogP contribution in [-0.4, -0.2) is 24.1 Å². The molecule has 0 aliphatic rings. The van der Waals surface area contributed by atoms with Crippen LogP contribution in [0.5, 0.6) is 0 Å². The molecular formula is C2H10N2O4S. The zero-order valence-corrected chi connectivity index (χ0v) is 5.72. The van der Waals surface area contributed by atoms with Gasteiger partial charge in [0.05, 0.1) is 0 Å². The average molecular weight is 158 g/mol. The maximum atomic E-state index is 8.74. The predicted molar refractivity (Wildman–Crippen MR) is 32.0 cm³/mol. The molecule has 0 bridgehead atoms. The molecule has 0 aromatic carbocycles. The summed E-state index contributed by atoms with van der Waals surface area (Å²) in [6.07, 6.45) is 0. The van der Waals surface area contributed by atoms with Crippen LogP contribution in [0.15, 0.2) is 0 Å². The molecule has 5 N–H and O–H groups in total. The van der Waals surface area contributed by atoms with Crippen molar-refractivity contribution in [3.63, 3.8) is 0 Å². The molecule has 0 saturated carbocycles. The number of hydrazine groups is 1. The highest BCUT2D eigenvalue weighted by Crippen LogP contribution is 1.59. The first-order valence-electron chi connectivity index (χ1n) is 2.05. The van der Waals surface area contributed by atoms with E-state index in [4.69, 9.17) is 23.4 Å². The molecule has 0 unspecified atom stereocenters. The van der Waals surface area contributed by atoms with Crippen LogP contribution in [0.4, 0.5) is 0 Å². The molecule has 0 aliphatic carbocycles. The summed E-state index contributed by atoms with van der Waals surface area (Å²) in [4.78, 5) is 0. The summed E-state index contributed by atoms with van der Waals surface area (Å²) >= 11 is 0. The quantitative estimate of drug-likeness (QED) is 0.217. The van der Waals surface area contributed by atoms with E-state index in [9.17, 15) is 0 Å². The van der Waals surface area contributed by atoms with Crippen molar-refractivity contribution in [3.8, 4) is 0 Å². The Kier molecular flexibility index (Phi) is 7.61. The van der Waals surface area contributed by atoms with Crippen LogP contribution in [-0.2, 0) is 10.4 Å². The van der Waals surface area contributed by atoms with E-state index in [-0.39, 0.29) is 0 Å². The number of hydrogen-bond acceptors (Lipinski definition) is 4. The summed E-state index contributed by atoms with van der Waals surface area (Å²) in [5.41, 5.74) is 2.43. The lowest BCUT2D eigenvalue weighted by Gasteiger charge is -1.77. The predicted octanol–water partition coefficient (Wildman–Crippen LogP) is -1.18. The fourth-order valence-corrected chi connectivity index (χ4v) is 0. The lowest BCUT2D eigenvalue weighted by Crippen LogP contribution is -2.20. The highest BCUT2D eigenvalue weighted by molar-refractivity contribution is 7.79. The molecule has 58 valence electrons. The van der Waals surface area contributed by atoms with E-state index in [2.05, 4.69) is 5.43 Å². The molecule has 0 spiro atoms. The zero-order valence-electron chi connectivity index (χ0n) is 4.90. The third-order valence-corrected chi connectivity index (χ3v) is 0.204. The summed E-state index contributed by atoms with van der Waals surface area (Å²) in [5, 5.41) is 0. The monoisotopic (exact) mass is 158 g/mol. The van der Waals surface area contributed by atoms with Gasteiger partial charge in [0.25, 0.3) is 0 Å². The van der Waals surface area contributed by atoms with Crippen molar-refractivity contribution in [1.82, 2.24) is 5.43 Å². The van der Waals surface area contributed by atoms with Crippen molar-refractivity contribution in [2.24, 2.45) is 5.84 Å². The van der Waals surface area contributed by atoms with Crippen molar-refractivity contribution in [2.75, 3.05) is 6.54 Å². The van der Waals surface area contributed by atoms with Gasteiger partial charge in [0.15, 0.2) is 0 Å². The molecule has 0 fully saturated rings. The number of nitrogens with two attached hydrogens (primary N) is 1. The van der Waals surface area contributed by atoms with E-state index < -0.39 is 10.4 Å². The van der Waals surface area contributed by atoms with E-state index in [0.717, 1.165) is 6.54 Å². The molecular weight excluding hydrogens is 148 g/mol. The Morgan fingerprint density at radius 3 is 1.67 bits per heavy atom. The van der Waals surface area contributed by atoms with Crippen molar-refractivity contribution < 1.29 is 17.5 Å².